The molecular weight excluding hydrogens is 208 g/mol. The summed E-state index contributed by atoms with van der Waals surface area (Å²) in [6.45, 7) is 5.14. The first-order chi connectivity index (χ1) is 6.97. The number of nitrogens with zero attached hydrogens (tertiary/aromatic N) is 1. The van der Waals surface area contributed by atoms with E-state index in [1.165, 1.54) is 0 Å². The molecule has 0 fully saturated rings. The number of carbonyl (C=O) groups excluding carboxylic acids is 1. The molecular formula is C11H14N2OS. The van der Waals surface area contributed by atoms with Crippen LogP contribution in [0.4, 0.5) is 0 Å². The molecule has 0 saturated heterocycles. The third-order valence-electron chi connectivity index (χ3n) is 2.24. The minimum absolute atomic E-state index is 0.0450. The van der Waals surface area contributed by atoms with Gasteiger partial charge in [-0.05, 0) is 43.2 Å². The van der Waals surface area contributed by atoms with Gasteiger partial charge < -0.3 is 5.32 Å². The fourth-order valence-corrected chi connectivity index (χ4v) is 1.79. The highest BCUT2D eigenvalue weighted by molar-refractivity contribution is 7.07. The lowest BCUT2D eigenvalue weighted by molar-refractivity contribution is -0.127. The Labute approximate surface area is 93.7 Å². The highest BCUT2D eigenvalue weighted by Gasteiger charge is 2.28. The summed E-state index contributed by atoms with van der Waals surface area (Å²) in [5.74, 6) is -0.233. The van der Waals surface area contributed by atoms with Gasteiger partial charge in [-0.15, -0.1) is 0 Å². The van der Waals surface area contributed by atoms with Crippen molar-refractivity contribution in [3.05, 3.63) is 22.4 Å². The average molecular weight is 222 g/mol. The van der Waals surface area contributed by atoms with Crippen molar-refractivity contribution in [1.82, 2.24) is 5.32 Å². The van der Waals surface area contributed by atoms with E-state index in [0.29, 0.717) is 0 Å². The molecule has 0 aromatic carbocycles. The maximum Gasteiger partial charge on any atom is 0.240 e. The first-order valence-electron chi connectivity index (χ1n) is 4.71. The van der Waals surface area contributed by atoms with Crippen LogP contribution in [-0.2, 0) is 4.79 Å². The van der Waals surface area contributed by atoms with Crippen LogP contribution in [0.5, 0.6) is 0 Å². The van der Waals surface area contributed by atoms with E-state index in [-0.39, 0.29) is 11.9 Å². The van der Waals surface area contributed by atoms with Gasteiger partial charge in [0.2, 0.25) is 5.91 Å². The first-order valence-corrected chi connectivity index (χ1v) is 5.66. The highest BCUT2D eigenvalue weighted by Crippen LogP contribution is 2.19. The van der Waals surface area contributed by atoms with Crippen LogP contribution in [0.3, 0.4) is 0 Å². The number of rotatable bonds is 3. The Bertz CT molecular complexity index is 376. The number of carbonyl (C=O) groups is 1. The van der Waals surface area contributed by atoms with Gasteiger partial charge in [0.15, 0.2) is 0 Å². The first kappa shape index (κ1) is 11.7. The number of thiophene rings is 1. The Hall–Kier alpha value is -1.34. The zero-order valence-corrected chi connectivity index (χ0v) is 9.89. The van der Waals surface area contributed by atoms with E-state index in [2.05, 4.69) is 5.32 Å². The normalized spacial score (nSPS) is 12.9. The molecule has 1 aromatic rings. The molecule has 4 heteroatoms. The van der Waals surface area contributed by atoms with E-state index in [9.17, 15) is 4.79 Å². The summed E-state index contributed by atoms with van der Waals surface area (Å²) in [7, 11) is 0. The Morgan fingerprint density at radius 2 is 2.33 bits per heavy atom. The molecule has 3 nitrogen and oxygen atoms in total. The van der Waals surface area contributed by atoms with Crippen molar-refractivity contribution in [2.45, 2.75) is 26.8 Å². The second kappa shape index (κ2) is 4.45. The van der Waals surface area contributed by atoms with Crippen molar-refractivity contribution in [2.24, 2.45) is 5.41 Å². The molecule has 0 aliphatic carbocycles. The van der Waals surface area contributed by atoms with E-state index < -0.39 is 5.41 Å². The van der Waals surface area contributed by atoms with Crippen molar-refractivity contribution in [1.29, 1.82) is 5.26 Å². The number of amides is 1. The predicted molar refractivity (Wildman–Crippen MR) is 60.3 cm³/mol. The molecule has 1 aromatic heterocycles. The lowest BCUT2D eigenvalue weighted by Gasteiger charge is -2.19. The molecule has 1 amide bonds. The minimum atomic E-state index is -0.968. The zero-order chi connectivity index (χ0) is 11.5. The van der Waals surface area contributed by atoms with Gasteiger partial charge >= 0.3 is 0 Å². The van der Waals surface area contributed by atoms with Gasteiger partial charge in [0.25, 0.3) is 0 Å². The molecule has 0 spiro atoms. The molecule has 1 heterocycles. The molecule has 0 radical (unpaired) electrons. The summed E-state index contributed by atoms with van der Waals surface area (Å²) in [5, 5.41) is 15.6. The largest absolute Gasteiger partial charge is 0.348 e. The zero-order valence-electron chi connectivity index (χ0n) is 9.07. The predicted octanol–water partition coefficient (Wildman–Crippen LogP) is 2.48. The summed E-state index contributed by atoms with van der Waals surface area (Å²) in [6.07, 6.45) is 0. The van der Waals surface area contributed by atoms with Crippen LogP contribution >= 0.6 is 11.3 Å². The maximum absolute atomic E-state index is 11.7. The number of hydrogen-bond acceptors (Lipinski definition) is 3. The van der Waals surface area contributed by atoms with Crippen LogP contribution in [0.2, 0.25) is 0 Å². The standard InChI is InChI=1S/C11H14N2OS/c1-8(9-4-5-15-6-9)13-10(14)11(2,3)7-12/h4-6,8H,1-3H3,(H,13,14). The van der Waals surface area contributed by atoms with Crippen molar-refractivity contribution in [3.63, 3.8) is 0 Å². The van der Waals surface area contributed by atoms with Gasteiger partial charge in [0.1, 0.15) is 5.41 Å². The lowest BCUT2D eigenvalue weighted by Crippen LogP contribution is -2.37. The van der Waals surface area contributed by atoms with E-state index in [1.54, 1.807) is 25.2 Å². The van der Waals surface area contributed by atoms with Crippen LogP contribution in [-0.4, -0.2) is 5.91 Å². The summed E-state index contributed by atoms with van der Waals surface area (Å²) < 4.78 is 0. The molecule has 1 N–H and O–H groups in total. The third-order valence-corrected chi connectivity index (χ3v) is 2.94. The molecule has 80 valence electrons. The fourth-order valence-electron chi connectivity index (χ4n) is 1.03. The minimum Gasteiger partial charge on any atom is -0.348 e. The summed E-state index contributed by atoms with van der Waals surface area (Å²) in [5.41, 5.74) is 0.103. The van der Waals surface area contributed by atoms with Gasteiger partial charge in [0.05, 0.1) is 12.1 Å². The average Bonchev–Trinajstić information content (AvgIpc) is 2.70. The molecule has 0 aliphatic rings. The molecule has 1 unspecified atom stereocenters. The van der Waals surface area contributed by atoms with Crippen molar-refractivity contribution in [3.8, 4) is 6.07 Å². The van der Waals surface area contributed by atoms with Crippen LogP contribution in [0.25, 0.3) is 0 Å². The van der Waals surface area contributed by atoms with Crippen LogP contribution in [0, 0.1) is 16.7 Å². The second-order valence-corrected chi connectivity index (χ2v) is 4.77. The number of nitriles is 1. The van der Waals surface area contributed by atoms with E-state index in [1.807, 2.05) is 29.8 Å². The van der Waals surface area contributed by atoms with Gasteiger partial charge in [-0.3, -0.25) is 4.79 Å². The molecule has 1 atom stereocenters. The molecule has 0 saturated carbocycles. The van der Waals surface area contributed by atoms with E-state index in [4.69, 9.17) is 5.26 Å². The monoisotopic (exact) mass is 222 g/mol. The Morgan fingerprint density at radius 1 is 1.67 bits per heavy atom. The third kappa shape index (κ3) is 2.80. The van der Waals surface area contributed by atoms with Gasteiger partial charge in [-0.25, -0.2) is 0 Å². The molecule has 0 bridgehead atoms. The van der Waals surface area contributed by atoms with Gasteiger partial charge in [0, 0.05) is 0 Å². The lowest BCUT2D eigenvalue weighted by atomic mass is 9.94. The summed E-state index contributed by atoms with van der Waals surface area (Å²) >= 11 is 1.59. The second-order valence-electron chi connectivity index (χ2n) is 3.99. The van der Waals surface area contributed by atoms with Gasteiger partial charge in [-0.2, -0.15) is 16.6 Å². The highest BCUT2D eigenvalue weighted by atomic mass is 32.1. The molecule has 0 aliphatic heterocycles. The topological polar surface area (TPSA) is 52.9 Å². The number of nitrogens with one attached hydrogen (secondary N) is 1. The van der Waals surface area contributed by atoms with E-state index >= 15 is 0 Å². The quantitative estimate of drug-likeness (QED) is 0.854. The number of hydrogen-bond donors (Lipinski definition) is 1. The van der Waals surface area contributed by atoms with Crippen molar-refractivity contribution >= 4 is 17.2 Å². The Kier molecular flexibility index (Phi) is 3.48. The Morgan fingerprint density at radius 3 is 2.80 bits per heavy atom. The van der Waals surface area contributed by atoms with Crippen molar-refractivity contribution < 1.29 is 4.79 Å². The van der Waals surface area contributed by atoms with Gasteiger partial charge in [-0.1, -0.05) is 0 Å². The summed E-state index contributed by atoms with van der Waals surface area (Å²) in [4.78, 5) is 11.7. The SMILES string of the molecule is CC(NC(=O)C(C)(C)C#N)c1ccsc1. The van der Waals surface area contributed by atoms with Crippen molar-refractivity contribution in [2.75, 3.05) is 0 Å². The smallest absolute Gasteiger partial charge is 0.240 e. The Balaban J connectivity index is 2.65. The van der Waals surface area contributed by atoms with Crippen LogP contribution in [0.15, 0.2) is 16.8 Å². The maximum atomic E-state index is 11.7. The van der Waals surface area contributed by atoms with Crippen LogP contribution in [0.1, 0.15) is 32.4 Å². The molecule has 15 heavy (non-hydrogen) atoms. The molecule has 1 rings (SSSR count). The fraction of sp³-hybridized carbons (Fsp3) is 0.455. The summed E-state index contributed by atoms with van der Waals surface area (Å²) in [6, 6.07) is 3.90. The van der Waals surface area contributed by atoms with E-state index in [0.717, 1.165) is 5.56 Å². The van der Waals surface area contributed by atoms with Crippen LogP contribution < -0.4 is 5.32 Å².